The van der Waals surface area contributed by atoms with Crippen LogP contribution in [0.2, 0.25) is 0 Å². The van der Waals surface area contributed by atoms with E-state index in [2.05, 4.69) is 5.16 Å². The second-order valence-electron chi connectivity index (χ2n) is 6.77. The molecular weight excluding hydrogens is 386 g/mol. The summed E-state index contributed by atoms with van der Waals surface area (Å²) < 4.78 is 15.9. The highest BCUT2D eigenvalue weighted by Crippen LogP contribution is 2.24. The standard InChI is InChI=1S/C22H25N3O5/c1-4-24(2)21(26)11-12-25(15-18-6-5-13-29-18)22(27)19-14-20(30-23-19)16-7-9-17(28-3)10-8-16/h5-10,13-14H,4,11-12,15H2,1-3H3. The fourth-order valence-electron chi connectivity index (χ4n) is 2.87. The molecule has 0 unspecified atom stereocenters. The maximum atomic E-state index is 13.1. The summed E-state index contributed by atoms with van der Waals surface area (Å²) in [4.78, 5) is 28.4. The number of benzene rings is 1. The Labute approximate surface area is 175 Å². The molecule has 0 aliphatic heterocycles. The van der Waals surface area contributed by atoms with E-state index in [1.165, 1.54) is 4.90 Å². The average Bonchev–Trinajstić information content (AvgIpc) is 3.47. The van der Waals surface area contributed by atoms with Crippen molar-refractivity contribution in [3.05, 3.63) is 60.2 Å². The number of nitrogens with zero attached hydrogens (tertiary/aromatic N) is 3. The van der Waals surface area contributed by atoms with Gasteiger partial charge in [-0.25, -0.2) is 0 Å². The molecule has 158 valence electrons. The molecule has 0 aliphatic rings. The molecule has 2 aromatic heterocycles. The zero-order valence-electron chi connectivity index (χ0n) is 17.3. The maximum absolute atomic E-state index is 13.1. The Bertz CT molecular complexity index is 963. The molecule has 0 spiro atoms. The lowest BCUT2D eigenvalue weighted by Gasteiger charge is -2.22. The highest BCUT2D eigenvalue weighted by atomic mass is 16.5. The fourth-order valence-corrected chi connectivity index (χ4v) is 2.87. The van der Waals surface area contributed by atoms with Crippen LogP contribution >= 0.6 is 0 Å². The molecule has 2 amide bonds. The van der Waals surface area contributed by atoms with Gasteiger partial charge in [-0.05, 0) is 43.3 Å². The van der Waals surface area contributed by atoms with Gasteiger partial charge >= 0.3 is 0 Å². The van der Waals surface area contributed by atoms with Crippen LogP contribution in [0.3, 0.4) is 0 Å². The quantitative estimate of drug-likeness (QED) is 0.536. The third-order valence-corrected chi connectivity index (χ3v) is 4.81. The number of methoxy groups -OCH3 is 1. The Morgan fingerprint density at radius 2 is 1.93 bits per heavy atom. The number of ether oxygens (including phenoxy) is 1. The minimum Gasteiger partial charge on any atom is -0.497 e. The molecule has 0 bridgehead atoms. The molecule has 0 saturated heterocycles. The smallest absolute Gasteiger partial charge is 0.276 e. The minimum absolute atomic E-state index is 0.0335. The van der Waals surface area contributed by atoms with Crippen molar-refractivity contribution in [2.75, 3.05) is 27.2 Å². The third kappa shape index (κ3) is 5.08. The molecule has 0 N–H and O–H groups in total. The Balaban J connectivity index is 1.76. The van der Waals surface area contributed by atoms with Crippen molar-refractivity contribution in [1.82, 2.24) is 15.0 Å². The van der Waals surface area contributed by atoms with Gasteiger partial charge in [0.15, 0.2) is 11.5 Å². The van der Waals surface area contributed by atoms with Gasteiger partial charge in [-0.15, -0.1) is 0 Å². The summed E-state index contributed by atoms with van der Waals surface area (Å²) >= 11 is 0. The van der Waals surface area contributed by atoms with Crippen LogP contribution in [0.4, 0.5) is 0 Å². The van der Waals surface area contributed by atoms with E-state index in [1.54, 1.807) is 55.7 Å². The molecule has 0 saturated carbocycles. The van der Waals surface area contributed by atoms with Gasteiger partial charge in [0.1, 0.15) is 11.5 Å². The van der Waals surface area contributed by atoms with E-state index >= 15 is 0 Å². The van der Waals surface area contributed by atoms with Crippen LogP contribution in [0.25, 0.3) is 11.3 Å². The van der Waals surface area contributed by atoms with E-state index < -0.39 is 0 Å². The number of hydrogen-bond acceptors (Lipinski definition) is 6. The van der Waals surface area contributed by atoms with Gasteiger partial charge in [0.25, 0.3) is 5.91 Å². The lowest BCUT2D eigenvalue weighted by atomic mass is 10.1. The van der Waals surface area contributed by atoms with Gasteiger partial charge in [0, 0.05) is 38.2 Å². The maximum Gasteiger partial charge on any atom is 0.276 e. The number of carbonyl (C=O) groups excluding carboxylic acids is 2. The van der Waals surface area contributed by atoms with Gasteiger partial charge in [0.2, 0.25) is 5.91 Å². The van der Waals surface area contributed by atoms with E-state index in [-0.39, 0.29) is 37.0 Å². The van der Waals surface area contributed by atoms with Gasteiger partial charge < -0.3 is 23.5 Å². The molecule has 2 heterocycles. The average molecular weight is 411 g/mol. The third-order valence-electron chi connectivity index (χ3n) is 4.81. The summed E-state index contributed by atoms with van der Waals surface area (Å²) in [6.45, 7) is 2.99. The van der Waals surface area contributed by atoms with Crippen LogP contribution in [-0.4, -0.2) is 54.0 Å². The first-order chi connectivity index (χ1) is 14.5. The molecule has 8 heteroatoms. The second-order valence-corrected chi connectivity index (χ2v) is 6.77. The Kier molecular flexibility index (Phi) is 6.90. The van der Waals surface area contributed by atoms with Crippen molar-refractivity contribution in [3.8, 4) is 17.1 Å². The topological polar surface area (TPSA) is 89.0 Å². The minimum atomic E-state index is -0.332. The number of rotatable bonds is 9. The predicted octanol–water partition coefficient (Wildman–Crippen LogP) is 3.45. The molecule has 0 aliphatic carbocycles. The molecule has 3 rings (SSSR count). The van der Waals surface area contributed by atoms with E-state index in [1.807, 2.05) is 19.1 Å². The van der Waals surface area contributed by atoms with E-state index in [9.17, 15) is 9.59 Å². The summed E-state index contributed by atoms with van der Waals surface area (Å²) in [7, 11) is 3.33. The Morgan fingerprint density at radius 1 is 1.17 bits per heavy atom. The van der Waals surface area contributed by atoms with Crippen LogP contribution in [0.1, 0.15) is 29.6 Å². The van der Waals surface area contributed by atoms with Crippen LogP contribution in [-0.2, 0) is 11.3 Å². The summed E-state index contributed by atoms with van der Waals surface area (Å²) in [5.74, 6) is 1.45. The number of amides is 2. The first kappa shape index (κ1) is 21.2. The number of aromatic nitrogens is 1. The first-order valence-electron chi connectivity index (χ1n) is 9.68. The molecule has 0 atom stereocenters. The largest absolute Gasteiger partial charge is 0.497 e. The van der Waals surface area contributed by atoms with Crippen molar-refractivity contribution < 1.29 is 23.3 Å². The van der Waals surface area contributed by atoms with Crippen molar-refractivity contribution in [1.29, 1.82) is 0 Å². The highest BCUT2D eigenvalue weighted by Gasteiger charge is 2.23. The van der Waals surface area contributed by atoms with Gasteiger partial charge in [-0.2, -0.15) is 0 Å². The van der Waals surface area contributed by atoms with Crippen molar-refractivity contribution in [2.45, 2.75) is 19.9 Å². The first-order valence-corrected chi connectivity index (χ1v) is 9.68. The van der Waals surface area contributed by atoms with Crippen LogP contribution in [0, 0.1) is 0 Å². The molecule has 3 aromatic rings. The zero-order valence-corrected chi connectivity index (χ0v) is 17.3. The molecule has 30 heavy (non-hydrogen) atoms. The molecule has 0 radical (unpaired) electrons. The van der Waals surface area contributed by atoms with E-state index in [0.29, 0.717) is 18.1 Å². The van der Waals surface area contributed by atoms with Gasteiger partial charge in [-0.3, -0.25) is 9.59 Å². The monoisotopic (exact) mass is 411 g/mol. The lowest BCUT2D eigenvalue weighted by Crippen LogP contribution is -2.35. The summed E-state index contributed by atoms with van der Waals surface area (Å²) in [5, 5.41) is 3.94. The van der Waals surface area contributed by atoms with Gasteiger partial charge in [-0.1, -0.05) is 5.16 Å². The molecule has 0 fully saturated rings. The zero-order chi connectivity index (χ0) is 21.5. The van der Waals surface area contributed by atoms with Crippen LogP contribution < -0.4 is 4.74 Å². The Hall–Kier alpha value is -3.55. The number of furan rings is 1. The predicted molar refractivity (Wildman–Crippen MR) is 110 cm³/mol. The molecule has 1 aromatic carbocycles. The summed E-state index contributed by atoms with van der Waals surface area (Å²) in [5.41, 5.74) is 0.948. The highest BCUT2D eigenvalue weighted by molar-refractivity contribution is 5.93. The van der Waals surface area contributed by atoms with Crippen molar-refractivity contribution in [3.63, 3.8) is 0 Å². The molecular formula is C22H25N3O5. The summed E-state index contributed by atoms with van der Waals surface area (Å²) in [6.07, 6.45) is 1.76. The fraction of sp³-hybridized carbons (Fsp3) is 0.318. The van der Waals surface area contributed by atoms with Gasteiger partial charge in [0.05, 0.1) is 19.9 Å². The van der Waals surface area contributed by atoms with Crippen molar-refractivity contribution in [2.24, 2.45) is 0 Å². The van der Waals surface area contributed by atoms with Crippen molar-refractivity contribution >= 4 is 11.8 Å². The van der Waals surface area contributed by atoms with E-state index in [4.69, 9.17) is 13.7 Å². The SMILES string of the molecule is CCN(C)C(=O)CCN(Cc1ccco1)C(=O)c1cc(-c2ccc(OC)cc2)on1. The second kappa shape index (κ2) is 9.78. The number of hydrogen-bond donors (Lipinski definition) is 0. The lowest BCUT2D eigenvalue weighted by molar-refractivity contribution is -0.129. The molecule has 8 nitrogen and oxygen atoms in total. The van der Waals surface area contributed by atoms with E-state index in [0.717, 1.165) is 11.3 Å². The number of carbonyl (C=O) groups is 2. The normalized spacial score (nSPS) is 10.6. The summed E-state index contributed by atoms with van der Waals surface area (Å²) in [6, 6.07) is 12.4. The van der Waals surface area contributed by atoms with Crippen LogP contribution in [0.5, 0.6) is 5.75 Å². The van der Waals surface area contributed by atoms with Crippen LogP contribution in [0.15, 0.2) is 57.7 Å². The Morgan fingerprint density at radius 3 is 2.57 bits per heavy atom.